The molecule has 2 rings (SSSR count). The van der Waals surface area contributed by atoms with Gasteiger partial charge >= 0.3 is 5.97 Å². The van der Waals surface area contributed by atoms with Gasteiger partial charge in [-0.2, -0.15) is 0 Å². The van der Waals surface area contributed by atoms with Crippen molar-refractivity contribution in [3.05, 3.63) is 59.2 Å². The lowest BCUT2D eigenvalue weighted by Crippen LogP contribution is -2.21. The molecule has 0 fully saturated rings. The standard InChI is InChI=1S/C19H20N2O5/c1-12-7-8-14(19(24)25-3)10-16(12)26-11-17(22)21-15-6-4-5-13(9-15)18(23)20-2/h4-10H,11H2,1-3H3,(H,20,23)(H,21,22). The van der Waals surface area contributed by atoms with Crippen LogP contribution in [0.2, 0.25) is 0 Å². The van der Waals surface area contributed by atoms with E-state index in [4.69, 9.17) is 4.74 Å². The lowest BCUT2D eigenvalue weighted by molar-refractivity contribution is -0.118. The summed E-state index contributed by atoms with van der Waals surface area (Å²) in [4.78, 5) is 35.3. The summed E-state index contributed by atoms with van der Waals surface area (Å²) in [7, 11) is 2.83. The highest BCUT2D eigenvalue weighted by molar-refractivity contribution is 5.97. The molecule has 0 atom stereocenters. The number of nitrogens with one attached hydrogen (secondary N) is 2. The van der Waals surface area contributed by atoms with E-state index < -0.39 is 5.97 Å². The van der Waals surface area contributed by atoms with E-state index in [0.29, 0.717) is 22.6 Å². The summed E-state index contributed by atoms with van der Waals surface area (Å²) < 4.78 is 10.2. The summed E-state index contributed by atoms with van der Waals surface area (Å²) >= 11 is 0. The SMILES string of the molecule is CNC(=O)c1cccc(NC(=O)COc2cc(C(=O)OC)ccc2C)c1. The van der Waals surface area contributed by atoms with Gasteiger partial charge in [0.25, 0.3) is 11.8 Å². The van der Waals surface area contributed by atoms with Crippen LogP contribution in [0.25, 0.3) is 0 Å². The van der Waals surface area contributed by atoms with Crippen LogP contribution in [0.1, 0.15) is 26.3 Å². The third-order valence-corrected chi connectivity index (χ3v) is 3.60. The summed E-state index contributed by atoms with van der Waals surface area (Å²) in [5.41, 5.74) is 2.05. The smallest absolute Gasteiger partial charge is 0.337 e. The summed E-state index contributed by atoms with van der Waals surface area (Å²) in [6.45, 7) is 1.57. The van der Waals surface area contributed by atoms with Crippen LogP contribution in [0, 0.1) is 6.92 Å². The first kappa shape index (κ1) is 19.0. The van der Waals surface area contributed by atoms with Crippen molar-refractivity contribution in [2.24, 2.45) is 0 Å². The van der Waals surface area contributed by atoms with E-state index in [1.165, 1.54) is 20.2 Å². The fourth-order valence-corrected chi connectivity index (χ4v) is 2.22. The fraction of sp³-hybridized carbons (Fsp3) is 0.211. The molecule has 0 radical (unpaired) electrons. The number of amides is 2. The minimum atomic E-state index is -0.481. The maximum Gasteiger partial charge on any atom is 0.337 e. The molecule has 26 heavy (non-hydrogen) atoms. The molecular weight excluding hydrogens is 336 g/mol. The first-order valence-electron chi connectivity index (χ1n) is 7.88. The lowest BCUT2D eigenvalue weighted by Gasteiger charge is -2.11. The number of carbonyl (C=O) groups is 3. The molecule has 2 aromatic carbocycles. The zero-order chi connectivity index (χ0) is 19.1. The molecule has 2 amide bonds. The number of methoxy groups -OCH3 is 1. The summed E-state index contributed by atoms with van der Waals surface area (Å²) in [6.07, 6.45) is 0. The predicted octanol–water partition coefficient (Wildman–Crippen LogP) is 2.16. The predicted molar refractivity (Wildman–Crippen MR) is 96.5 cm³/mol. The van der Waals surface area contributed by atoms with Gasteiger partial charge in [0, 0.05) is 18.3 Å². The van der Waals surface area contributed by atoms with Crippen LogP contribution in [0.5, 0.6) is 5.75 Å². The van der Waals surface area contributed by atoms with Crippen LogP contribution in [0.3, 0.4) is 0 Å². The molecule has 7 nitrogen and oxygen atoms in total. The highest BCUT2D eigenvalue weighted by Gasteiger charge is 2.11. The van der Waals surface area contributed by atoms with E-state index in [1.54, 1.807) is 43.3 Å². The van der Waals surface area contributed by atoms with E-state index in [2.05, 4.69) is 15.4 Å². The molecule has 136 valence electrons. The van der Waals surface area contributed by atoms with Gasteiger partial charge in [-0.05, 0) is 42.8 Å². The van der Waals surface area contributed by atoms with Crippen molar-refractivity contribution in [2.75, 3.05) is 26.1 Å². The maximum atomic E-state index is 12.1. The quantitative estimate of drug-likeness (QED) is 0.774. The number of rotatable bonds is 6. The van der Waals surface area contributed by atoms with Crippen LogP contribution < -0.4 is 15.4 Å². The van der Waals surface area contributed by atoms with Gasteiger partial charge in [0.2, 0.25) is 0 Å². The molecule has 0 aliphatic carbocycles. The van der Waals surface area contributed by atoms with E-state index in [1.807, 2.05) is 0 Å². The number of hydrogen-bond donors (Lipinski definition) is 2. The first-order chi connectivity index (χ1) is 12.4. The molecule has 0 unspecified atom stereocenters. The molecule has 0 saturated carbocycles. The van der Waals surface area contributed by atoms with Gasteiger partial charge in [0.1, 0.15) is 5.75 Å². The van der Waals surface area contributed by atoms with E-state index in [0.717, 1.165) is 5.56 Å². The fourth-order valence-electron chi connectivity index (χ4n) is 2.22. The lowest BCUT2D eigenvalue weighted by atomic mass is 10.1. The normalized spacial score (nSPS) is 9.96. The minimum Gasteiger partial charge on any atom is -0.483 e. The Bertz CT molecular complexity index is 832. The second kappa shape index (κ2) is 8.66. The number of hydrogen-bond acceptors (Lipinski definition) is 5. The molecule has 0 aliphatic rings. The molecule has 0 bridgehead atoms. The van der Waals surface area contributed by atoms with Crippen LogP contribution in [0.15, 0.2) is 42.5 Å². The maximum absolute atomic E-state index is 12.1. The Morgan fingerprint density at radius 3 is 2.50 bits per heavy atom. The highest BCUT2D eigenvalue weighted by atomic mass is 16.5. The molecule has 7 heteroatoms. The van der Waals surface area contributed by atoms with Crippen molar-refractivity contribution in [3.63, 3.8) is 0 Å². The molecule has 0 saturated heterocycles. The van der Waals surface area contributed by atoms with Gasteiger partial charge in [-0.25, -0.2) is 4.79 Å². The Morgan fingerprint density at radius 1 is 1.04 bits per heavy atom. The summed E-state index contributed by atoms with van der Waals surface area (Å²) in [5.74, 6) is -0.693. The molecule has 0 aromatic heterocycles. The average Bonchev–Trinajstić information content (AvgIpc) is 2.66. The minimum absolute atomic E-state index is 0.240. The van der Waals surface area contributed by atoms with E-state index in [-0.39, 0.29) is 18.4 Å². The van der Waals surface area contributed by atoms with Gasteiger partial charge < -0.3 is 20.1 Å². The van der Waals surface area contributed by atoms with Crippen LogP contribution in [0.4, 0.5) is 5.69 Å². The zero-order valence-corrected chi connectivity index (χ0v) is 14.8. The van der Waals surface area contributed by atoms with E-state index in [9.17, 15) is 14.4 Å². The Kier molecular flexibility index (Phi) is 6.32. The monoisotopic (exact) mass is 356 g/mol. The Labute approximate surface area is 151 Å². The van der Waals surface area contributed by atoms with Gasteiger partial charge in [0.05, 0.1) is 12.7 Å². The number of aryl methyl sites for hydroxylation is 1. The van der Waals surface area contributed by atoms with Crippen LogP contribution in [-0.2, 0) is 9.53 Å². The summed E-state index contributed by atoms with van der Waals surface area (Å²) in [6, 6.07) is 11.4. The van der Waals surface area contributed by atoms with Crippen LogP contribution in [-0.4, -0.2) is 38.5 Å². The third-order valence-electron chi connectivity index (χ3n) is 3.60. The summed E-state index contributed by atoms with van der Waals surface area (Å²) in [5, 5.41) is 5.18. The number of ether oxygens (including phenoxy) is 2. The average molecular weight is 356 g/mol. The molecule has 2 aromatic rings. The van der Waals surface area contributed by atoms with Crippen LogP contribution >= 0.6 is 0 Å². The van der Waals surface area contributed by atoms with Crippen molar-refractivity contribution >= 4 is 23.5 Å². The van der Waals surface area contributed by atoms with Crippen molar-refractivity contribution in [3.8, 4) is 5.75 Å². The zero-order valence-electron chi connectivity index (χ0n) is 14.8. The number of benzene rings is 2. The Balaban J connectivity index is 2.01. The van der Waals surface area contributed by atoms with Gasteiger partial charge in [-0.1, -0.05) is 12.1 Å². The highest BCUT2D eigenvalue weighted by Crippen LogP contribution is 2.20. The van der Waals surface area contributed by atoms with Gasteiger partial charge in [-0.15, -0.1) is 0 Å². The van der Waals surface area contributed by atoms with Crippen molar-refractivity contribution < 1.29 is 23.9 Å². The van der Waals surface area contributed by atoms with Crippen molar-refractivity contribution in [1.29, 1.82) is 0 Å². The molecule has 2 N–H and O–H groups in total. The second-order valence-electron chi connectivity index (χ2n) is 5.47. The third kappa shape index (κ3) is 4.83. The number of carbonyl (C=O) groups excluding carboxylic acids is 3. The molecule has 0 heterocycles. The van der Waals surface area contributed by atoms with E-state index >= 15 is 0 Å². The Hall–Kier alpha value is -3.35. The first-order valence-corrected chi connectivity index (χ1v) is 7.88. The van der Waals surface area contributed by atoms with Crippen molar-refractivity contribution in [2.45, 2.75) is 6.92 Å². The number of esters is 1. The molecular formula is C19H20N2O5. The molecule has 0 aliphatic heterocycles. The van der Waals surface area contributed by atoms with Gasteiger partial charge in [-0.3, -0.25) is 9.59 Å². The molecule has 0 spiro atoms. The van der Waals surface area contributed by atoms with Crippen molar-refractivity contribution in [1.82, 2.24) is 5.32 Å². The Morgan fingerprint density at radius 2 is 1.81 bits per heavy atom. The topological polar surface area (TPSA) is 93.7 Å². The largest absolute Gasteiger partial charge is 0.483 e. The number of anilines is 1. The van der Waals surface area contributed by atoms with Gasteiger partial charge in [0.15, 0.2) is 6.61 Å². The second-order valence-corrected chi connectivity index (χ2v) is 5.47.